The Hall–Kier alpha value is -1.40. The van der Waals surface area contributed by atoms with Crippen LogP contribution in [-0.4, -0.2) is 44.7 Å². The maximum atomic E-state index is 11.6. The molecule has 1 rings (SSSR count). The molecule has 1 saturated heterocycles. The molecule has 0 spiro atoms. The van der Waals surface area contributed by atoms with E-state index in [4.69, 9.17) is 9.47 Å². The molecule has 0 saturated carbocycles. The van der Waals surface area contributed by atoms with Crippen molar-refractivity contribution in [3.05, 3.63) is 11.6 Å². The molecule has 0 radical (unpaired) electrons. The minimum absolute atomic E-state index is 0.102. The molecule has 0 aromatic heterocycles. The highest BCUT2D eigenvalue weighted by Crippen LogP contribution is 2.24. The summed E-state index contributed by atoms with van der Waals surface area (Å²) in [5.41, 5.74) is 1.03. The lowest BCUT2D eigenvalue weighted by Crippen LogP contribution is -2.26. The third-order valence-electron chi connectivity index (χ3n) is 3.30. The fraction of sp³-hybridized carbons (Fsp3) is 0.733. The SMILES string of the molecule is COC(=O)C(CC/C(C)=C\C1COC(C)(C)O1)C(=O)OC. The molecule has 1 heterocycles. The summed E-state index contributed by atoms with van der Waals surface area (Å²) in [5, 5.41) is 0. The van der Waals surface area contributed by atoms with Crippen LogP contribution >= 0.6 is 0 Å². The van der Waals surface area contributed by atoms with Crippen molar-refractivity contribution in [1.29, 1.82) is 0 Å². The molecule has 0 bridgehead atoms. The van der Waals surface area contributed by atoms with Crippen molar-refractivity contribution in [2.24, 2.45) is 5.92 Å². The fourth-order valence-corrected chi connectivity index (χ4v) is 2.19. The van der Waals surface area contributed by atoms with Gasteiger partial charge >= 0.3 is 11.9 Å². The van der Waals surface area contributed by atoms with Crippen molar-refractivity contribution in [3.63, 3.8) is 0 Å². The van der Waals surface area contributed by atoms with Crippen molar-refractivity contribution in [2.75, 3.05) is 20.8 Å². The Bertz CT molecular complexity index is 396. The Kier molecular flexibility index (Phi) is 6.36. The van der Waals surface area contributed by atoms with Crippen LogP contribution in [0.1, 0.15) is 33.6 Å². The van der Waals surface area contributed by atoms with Crippen LogP contribution in [0.25, 0.3) is 0 Å². The summed E-state index contributed by atoms with van der Waals surface area (Å²) in [5.74, 6) is -2.60. The third kappa shape index (κ3) is 5.47. The van der Waals surface area contributed by atoms with Gasteiger partial charge < -0.3 is 18.9 Å². The molecular formula is C15H24O6. The lowest BCUT2D eigenvalue weighted by molar-refractivity contribution is -0.159. The first-order valence-corrected chi connectivity index (χ1v) is 6.94. The molecule has 6 heteroatoms. The largest absolute Gasteiger partial charge is 0.468 e. The molecule has 0 aliphatic carbocycles. The molecule has 6 nitrogen and oxygen atoms in total. The van der Waals surface area contributed by atoms with E-state index in [1.54, 1.807) is 0 Å². The second kappa shape index (κ2) is 7.56. The number of hydrogen-bond acceptors (Lipinski definition) is 6. The Morgan fingerprint density at radius 2 is 1.86 bits per heavy atom. The van der Waals surface area contributed by atoms with Crippen LogP contribution in [0.4, 0.5) is 0 Å². The summed E-state index contributed by atoms with van der Waals surface area (Å²) in [7, 11) is 2.51. The van der Waals surface area contributed by atoms with Crippen molar-refractivity contribution in [3.8, 4) is 0 Å². The monoisotopic (exact) mass is 300 g/mol. The highest BCUT2D eigenvalue weighted by molar-refractivity contribution is 5.94. The number of hydrogen-bond donors (Lipinski definition) is 0. The number of methoxy groups -OCH3 is 2. The Morgan fingerprint density at radius 1 is 1.29 bits per heavy atom. The number of rotatable bonds is 6. The molecule has 21 heavy (non-hydrogen) atoms. The molecule has 0 amide bonds. The van der Waals surface area contributed by atoms with Crippen molar-refractivity contribution < 1.29 is 28.5 Å². The second-order valence-corrected chi connectivity index (χ2v) is 5.52. The van der Waals surface area contributed by atoms with E-state index >= 15 is 0 Å². The van der Waals surface area contributed by atoms with E-state index < -0.39 is 23.6 Å². The van der Waals surface area contributed by atoms with E-state index in [0.717, 1.165) is 5.57 Å². The molecular weight excluding hydrogens is 276 g/mol. The zero-order valence-electron chi connectivity index (χ0n) is 13.3. The topological polar surface area (TPSA) is 71.1 Å². The van der Waals surface area contributed by atoms with Gasteiger partial charge in [0.15, 0.2) is 11.7 Å². The first-order chi connectivity index (χ1) is 9.79. The van der Waals surface area contributed by atoms with Gasteiger partial charge in [0.1, 0.15) is 6.10 Å². The molecule has 120 valence electrons. The molecule has 1 atom stereocenters. The van der Waals surface area contributed by atoms with Gasteiger partial charge in [-0.2, -0.15) is 0 Å². The second-order valence-electron chi connectivity index (χ2n) is 5.52. The highest BCUT2D eigenvalue weighted by Gasteiger charge is 2.32. The van der Waals surface area contributed by atoms with Crippen LogP contribution in [0, 0.1) is 5.92 Å². The first-order valence-electron chi connectivity index (χ1n) is 6.94. The molecule has 1 aliphatic rings. The predicted molar refractivity (Wildman–Crippen MR) is 75.4 cm³/mol. The van der Waals surface area contributed by atoms with Gasteiger partial charge in [-0.15, -0.1) is 0 Å². The summed E-state index contributed by atoms with van der Waals surface area (Å²) in [6, 6.07) is 0. The zero-order chi connectivity index (χ0) is 16.0. The number of carbonyl (C=O) groups excluding carboxylic acids is 2. The summed E-state index contributed by atoms with van der Waals surface area (Å²) in [4.78, 5) is 23.1. The van der Waals surface area contributed by atoms with E-state index in [1.165, 1.54) is 14.2 Å². The van der Waals surface area contributed by atoms with Gasteiger partial charge in [0.25, 0.3) is 0 Å². The lowest BCUT2D eigenvalue weighted by atomic mass is 9.99. The summed E-state index contributed by atoms with van der Waals surface area (Å²) >= 11 is 0. The smallest absolute Gasteiger partial charge is 0.320 e. The Morgan fingerprint density at radius 3 is 2.29 bits per heavy atom. The number of ether oxygens (including phenoxy) is 4. The van der Waals surface area contributed by atoms with Crippen molar-refractivity contribution in [1.82, 2.24) is 0 Å². The van der Waals surface area contributed by atoms with E-state index in [-0.39, 0.29) is 6.10 Å². The van der Waals surface area contributed by atoms with Crippen LogP contribution < -0.4 is 0 Å². The quantitative estimate of drug-likeness (QED) is 0.423. The van der Waals surface area contributed by atoms with Gasteiger partial charge in [0.2, 0.25) is 0 Å². The minimum Gasteiger partial charge on any atom is -0.468 e. The van der Waals surface area contributed by atoms with Crippen LogP contribution in [0.2, 0.25) is 0 Å². The summed E-state index contributed by atoms with van der Waals surface area (Å²) in [6.07, 6.45) is 2.78. The lowest BCUT2D eigenvalue weighted by Gasteiger charge is -2.16. The molecule has 0 N–H and O–H groups in total. The highest BCUT2D eigenvalue weighted by atomic mass is 16.7. The average Bonchev–Trinajstić information content (AvgIpc) is 2.77. The minimum atomic E-state index is -0.888. The molecule has 0 aromatic rings. The van der Waals surface area contributed by atoms with Crippen LogP contribution in [0.5, 0.6) is 0 Å². The van der Waals surface area contributed by atoms with E-state index in [9.17, 15) is 9.59 Å². The normalized spacial score (nSPS) is 21.4. The van der Waals surface area contributed by atoms with Crippen LogP contribution in [-0.2, 0) is 28.5 Å². The van der Waals surface area contributed by atoms with Gasteiger partial charge in [-0.05, 0) is 33.6 Å². The van der Waals surface area contributed by atoms with Crippen LogP contribution in [0.3, 0.4) is 0 Å². The molecule has 1 unspecified atom stereocenters. The van der Waals surface area contributed by atoms with Gasteiger partial charge in [-0.1, -0.05) is 11.6 Å². The Labute approximate surface area is 125 Å². The van der Waals surface area contributed by atoms with Crippen LogP contribution in [0.15, 0.2) is 11.6 Å². The van der Waals surface area contributed by atoms with Crippen molar-refractivity contribution in [2.45, 2.75) is 45.5 Å². The van der Waals surface area contributed by atoms with Gasteiger partial charge in [-0.3, -0.25) is 9.59 Å². The third-order valence-corrected chi connectivity index (χ3v) is 3.30. The van der Waals surface area contributed by atoms with Gasteiger partial charge in [0, 0.05) is 0 Å². The van der Waals surface area contributed by atoms with Gasteiger partial charge in [-0.25, -0.2) is 0 Å². The zero-order valence-corrected chi connectivity index (χ0v) is 13.3. The maximum absolute atomic E-state index is 11.6. The summed E-state index contributed by atoms with van der Waals surface area (Å²) in [6.45, 7) is 6.16. The van der Waals surface area contributed by atoms with Crippen molar-refractivity contribution >= 4 is 11.9 Å². The number of allylic oxidation sites excluding steroid dienone is 1. The number of esters is 2. The predicted octanol–water partition coefficient (Wildman–Crippen LogP) is 1.83. The maximum Gasteiger partial charge on any atom is 0.320 e. The van der Waals surface area contributed by atoms with E-state index in [0.29, 0.717) is 19.4 Å². The standard InChI is InChI=1S/C15H24O6/c1-10(8-11-9-20-15(2,3)21-11)6-7-12(13(16)18-4)14(17)19-5/h8,11-12H,6-7,9H2,1-5H3/b10-8-. The molecule has 1 fully saturated rings. The Balaban J connectivity index is 2.55. The fourth-order valence-electron chi connectivity index (χ4n) is 2.19. The van der Waals surface area contributed by atoms with E-state index in [2.05, 4.69) is 9.47 Å². The number of carbonyl (C=O) groups is 2. The molecule has 0 aromatic carbocycles. The van der Waals surface area contributed by atoms with Gasteiger partial charge in [0.05, 0.1) is 20.8 Å². The van der Waals surface area contributed by atoms with E-state index in [1.807, 2.05) is 26.8 Å². The summed E-state index contributed by atoms with van der Waals surface area (Å²) < 4.78 is 20.4. The average molecular weight is 300 g/mol. The molecule has 1 aliphatic heterocycles. The first kappa shape index (κ1) is 17.7.